The van der Waals surface area contributed by atoms with Crippen LogP contribution in [0.2, 0.25) is 0 Å². The van der Waals surface area contributed by atoms with E-state index in [-0.39, 0.29) is 36.7 Å². The number of carbonyl (C=O) groups excluding carboxylic acids is 3. The van der Waals surface area contributed by atoms with Crippen molar-refractivity contribution in [2.75, 3.05) is 20.2 Å². The summed E-state index contributed by atoms with van der Waals surface area (Å²) >= 11 is 1.88. The molecule has 0 bridgehead atoms. The molecule has 9 heteroatoms. The van der Waals surface area contributed by atoms with Gasteiger partial charge in [-0.05, 0) is 34.6 Å². The largest absolute Gasteiger partial charge is 0.449 e. The molecule has 0 aliphatic heterocycles. The number of ether oxygens (including phenoxy) is 1. The lowest BCUT2D eigenvalue weighted by atomic mass is 9.98. The number of likely N-dealkylation sites (N-methyl/N-ethyl adjacent to an activating group) is 1. The molecule has 0 spiro atoms. The first-order valence-corrected chi connectivity index (χ1v) is 14.5. The van der Waals surface area contributed by atoms with Crippen LogP contribution in [0.5, 0.6) is 0 Å². The lowest BCUT2D eigenvalue weighted by molar-refractivity contribution is -0.135. The van der Waals surface area contributed by atoms with Gasteiger partial charge in [0.1, 0.15) is 21.9 Å². The SMILES string of the molecule is CC(C)C(NC(=O)OCC1c2ccccc2-c2ccccc21)C(=O)N(C)CCCC(=O)OSI. The molecule has 1 N–H and O–H groups in total. The minimum Gasteiger partial charge on any atom is -0.449 e. The van der Waals surface area contributed by atoms with Crippen molar-refractivity contribution in [3.8, 4) is 11.1 Å². The Balaban J connectivity index is 1.57. The second kappa shape index (κ2) is 12.4. The van der Waals surface area contributed by atoms with Crippen LogP contribution in [0.15, 0.2) is 48.5 Å². The van der Waals surface area contributed by atoms with Crippen molar-refractivity contribution in [1.82, 2.24) is 10.2 Å². The van der Waals surface area contributed by atoms with Gasteiger partial charge in [0, 0.05) is 47.1 Å². The molecule has 0 aromatic heterocycles. The highest BCUT2D eigenvalue weighted by molar-refractivity contribution is 14.2. The van der Waals surface area contributed by atoms with E-state index in [1.54, 1.807) is 7.05 Å². The third-order valence-corrected chi connectivity index (χ3v) is 6.71. The maximum absolute atomic E-state index is 12.9. The van der Waals surface area contributed by atoms with Crippen LogP contribution in [0.1, 0.15) is 43.7 Å². The first-order chi connectivity index (χ1) is 16.3. The van der Waals surface area contributed by atoms with Crippen LogP contribution in [0.4, 0.5) is 4.79 Å². The summed E-state index contributed by atoms with van der Waals surface area (Å²) in [4.78, 5) is 38.6. The van der Waals surface area contributed by atoms with Crippen LogP contribution in [0.25, 0.3) is 11.1 Å². The molecule has 1 unspecified atom stereocenters. The molecule has 34 heavy (non-hydrogen) atoms. The number of alkyl carbamates (subject to hydrolysis) is 1. The zero-order valence-electron chi connectivity index (χ0n) is 19.5. The molecule has 0 saturated heterocycles. The van der Waals surface area contributed by atoms with E-state index in [4.69, 9.17) is 8.92 Å². The van der Waals surface area contributed by atoms with Crippen molar-refractivity contribution in [2.24, 2.45) is 5.92 Å². The highest BCUT2D eigenvalue weighted by atomic mass is 127. The summed E-state index contributed by atoms with van der Waals surface area (Å²) in [6, 6.07) is 15.5. The highest BCUT2D eigenvalue weighted by Crippen LogP contribution is 2.44. The zero-order valence-corrected chi connectivity index (χ0v) is 22.4. The standard InChI is InChI=1S/C25H29IN2O5S/c1-16(2)23(24(30)28(3)14-8-13-22(29)33-34-26)27-25(31)32-15-21-19-11-6-4-9-17(19)18-10-5-7-12-20(18)21/h4-7,9-12,16,21,23H,8,13-15H2,1-3H3,(H,27,31). The van der Waals surface area contributed by atoms with Crippen molar-refractivity contribution in [3.05, 3.63) is 59.7 Å². The molecule has 1 atom stereocenters. The molecule has 182 valence electrons. The monoisotopic (exact) mass is 596 g/mol. The summed E-state index contributed by atoms with van der Waals surface area (Å²) in [6.45, 7) is 4.31. The summed E-state index contributed by atoms with van der Waals surface area (Å²) in [5, 5.41) is 2.74. The van der Waals surface area contributed by atoms with Gasteiger partial charge in [-0.1, -0.05) is 62.4 Å². The Morgan fingerprint density at radius 3 is 2.21 bits per heavy atom. The van der Waals surface area contributed by atoms with Crippen molar-refractivity contribution in [1.29, 1.82) is 0 Å². The molecule has 0 saturated carbocycles. The third kappa shape index (κ3) is 6.44. The summed E-state index contributed by atoms with van der Waals surface area (Å²) in [6.07, 6.45) is 0.0818. The first kappa shape index (κ1) is 26.3. The Morgan fingerprint density at radius 2 is 1.65 bits per heavy atom. The van der Waals surface area contributed by atoms with Gasteiger partial charge in [-0.2, -0.15) is 0 Å². The minimum atomic E-state index is -0.725. The summed E-state index contributed by atoms with van der Waals surface area (Å²) in [5.41, 5.74) is 4.58. The number of hydrogen-bond acceptors (Lipinski definition) is 6. The van der Waals surface area contributed by atoms with Gasteiger partial charge in [0.25, 0.3) is 0 Å². The van der Waals surface area contributed by atoms with Gasteiger partial charge in [0.2, 0.25) is 5.91 Å². The van der Waals surface area contributed by atoms with Gasteiger partial charge in [-0.25, -0.2) is 4.79 Å². The first-order valence-electron chi connectivity index (χ1n) is 11.2. The second-order valence-corrected chi connectivity index (χ2v) is 9.94. The van der Waals surface area contributed by atoms with Gasteiger partial charge in [0.15, 0.2) is 0 Å². The van der Waals surface area contributed by atoms with Crippen molar-refractivity contribution in [3.63, 3.8) is 0 Å². The van der Waals surface area contributed by atoms with Crippen LogP contribution < -0.4 is 5.32 Å². The number of amides is 2. The number of hydrogen-bond donors (Lipinski definition) is 1. The molecule has 2 amide bonds. The number of benzene rings is 2. The normalized spacial score (nSPS) is 13.1. The molecule has 0 heterocycles. The Kier molecular flexibility index (Phi) is 9.63. The van der Waals surface area contributed by atoms with Crippen LogP contribution >= 0.6 is 30.4 Å². The van der Waals surface area contributed by atoms with E-state index < -0.39 is 12.1 Å². The summed E-state index contributed by atoms with van der Waals surface area (Å²) < 4.78 is 10.4. The Morgan fingerprint density at radius 1 is 1.06 bits per heavy atom. The number of nitrogens with zero attached hydrogens (tertiary/aromatic N) is 1. The van der Waals surface area contributed by atoms with Crippen molar-refractivity contribution in [2.45, 2.75) is 38.6 Å². The number of carbonyl (C=O) groups is 3. The van der Waals surface area contributed by atoms with E-state index in [0.717, 1.165) is 31.5 Å². The van der Waals surface area contributed by atoms with E-state index in [1.165, 1.54) is 4.90 Å². The van der Waals surface area contributed by atoms with Crippen LogP contribution in [-0.4, -0.2) is 49.1 Å². The number of rotatable bonds is 10. The van der Waals surface area contributed by atoms with E-state index in [0.29, 0.717) is 13.0 Å². The predicted octanol–water partition coefficient (Wildman–Crippen LogP) is 5.33. The molecule has 2 aromatic carbocycles. The van der Waals surface area contributed by atoms with E-state index in [9.17, 15) is 14.4 Å². The Labute approximate surface area is 216 Å². The minimum absolute atomic E-state index is 0.0468. The molecule has 0 radical (unpaired) electrons. The molecule has 1 aliphatic rings. The predicted molar refractivity (Wildman–Crippen MR) is 141 cm³/mol. The fraction of sp³-hybridized carbons (Fsp3) is 0.400. The quantitative estimate of drug-likeness (QED) is 0.295. The van der Waals surface area contributed by atoms with Crippen LogP contribution in [0, 0.1) is 5.92 Å². The second-order valence-electron chi connectivity index (χ2n) is 8.57. The topological polar surface area (TPSA) is 84.9 Å². The average Bonchev–Trinajstić information content (AvgIpc) is 3.14. The van der Waals surface area contributed by atoms with Crippen molar-refractivity contribution >= 4 is 48.4 Å². The van der Waals surface area contributed by atoms with Crippen molar-refractivity contribution < 1.29 is 23.3 Å². The highest BCUT2D eigenvalue weighted by Gasteiger charge is 2.31. The number of fused-ring (bicyclic) bond motifs is 3. The van der Waals surface area contributed by atoms with E-state index in [2.05, 4.69) is 29.6 Å². The fourth-order valence-corrected chi connectivity index (χ4v) is 4.92. The van der Waals surface area contributed by atoms with Gasteiger partial charge in [-0.15, -0.1) is 0 Å². The Bertz CT molecular complexity index is 986. The summed E-state index contributed by atoms with van der Waals surface area (Å²) in [7, 11) is 2.64. The molecular weight excluding hydrogens is 567 g/mol. The molecule has 7 nitrogen and oxygen atoms in total. The van der Waals surface area contributed by atoms with Crippen LogP contribution in [0.3, 0.4) is 0 Å². The summed E-state index contributed by atoms with van der Waals surface area (Å²) in [5.74, 6) is -0.720. The van der Waals surface area contributed by atoms with Crippen LogP contribution in [-0.2, 0) is 18.5 Å². The van der Waals surface area contributed by atoms with E-state index >= 15 is 0 Å². The fourth-order valence-electron chi connectivity index (χ4n) is 4.17. The van der Waals surface area contributed by atoms with Gasteiger partial charge in [0.05, 0.1) is 0 Å². The smallest absolute Gasteiger partial charge is 0.407 e. The molecule has 2 aromatic rings. The maximum atomic E-state index is 12.9. The van der Waals surface area contributed by atoms with Gasteiger partial charge < -0.3 is 19.1 Å². The number of nitrogens with one attached hydrogen (secondary N) is 1. The third-order valence-electron chi connectivity index (χ3n) is 5.92. The lowest BCUT2D eigenvalue weighted by Crippen LogP contribution is -2.50. The zero-order chi connectivity index (χ0) is 24.7. The average molecular weight is 596 g/mol. The lowest BCUT2D eigenvalue weighted by Gasteiger charge is -2.27. The molecule has 1 aliphatic carbocycles. The van der Waals surface area contributed by atoms with Gasteiger partial charge >= 0.3 is 12.1 Å². The maximum Gasteiger partial charge on any atom is 0.407 e. The van der Waals surface area contributed by atoms with E-state index in [1.807, 2.05) is 59.3 Å². The number of halogens is 1. The molecule has 0 fully saturated rings. The van der Waals surface area contributed by atoms with Gasteiger partial charge in [-0.3, -0.25) is 9.59 Å². The Hall–Kier alpha value is -2.27. The molecular formula is C25H29IN2O5S. The molecule has 3 rings (SSSR count).